The van der Waals surface area contributed by atoms with Gasteiger partial charge >= 0.3 is 5.82 Å². The van der Waals surface area contributed by atoms with Gasteiger partial charge in [-0.3, -0.25) is 29.5 Å². The number of rotatable bonds is 16. The molecule has 8 rings (SSSR count). The summed E-state index contributed by atoms with van der Waals surface area (Å²) in [4.78, 5) is 56.7. The molecule has 1 unspecified atom stereocenters. The van der Waals surface area contributed by atoms with E-state index in [9.17, 15) is 19.2 Å². The Morgan fingerprint density at radius 1 is 0.968 bits per heavy atom. The summed E-state index contributed by atoms with van der Waals surface area (Å²) in [5, 5.41) is 20.3. The minimum atomic E-state index is -0.826. The Labute approximate surface area is 365 Å². The number of aliphatic imine (C=N–C) groups is 1. The van der Waals surface area contributed by atoms with Crippen LogP contribution in [0.5, 0.6) is 5.75 Å². The standard InChI is InChI=1S/C44H44ClN9O7S/c1-26-27(2)62-44-40(26)41(29-10-12-30(45)13-11-29)47-24-39-52(51-28(3)53(39)44)25-38(56)49-31-6-4-7-32(22-31)61-21-20-60-19-18-59-17-16-46-35-9-5-8-33-34(35)23-48-54(43(33)58)36-14-15-37(55)50-42(36)57/h4-13,22-23,36H,14-21,24-25H2,1-3H3,(H2-,46,48,49,50,55,56,57)/p+1. The number of piperidine rings is 1. The fourth-order valence-electron chi connectivity index (χ4n) is 7.52. The first kappa shape index (κ1) is 42.4. The summed E-state index contributed by atoms with van der Waals surface area (Å²) in [6, 6.07) is 19.4. The molecule has 0 radical (unpaired) electrons. The number of halogens is 1. The SMILES string of the molecule is Cc1sc2c(c1C)C(c1ccc(Cl)cc1)=NCc1n-2c(C)n[n+]1CC(=O)Nc1cccc(OCCOCCOCCNc2cccc3c(=O)n(C4CCC(=O)NC4=O)ncc23)c1. The topological polar surface area (TPSA) is 184 Å². The highest BCUT2D eigenvalue weighted by Gasteiger charge is 2.35. The van der Waals surface area contributed by atoms with Gasteiger partial charge in [-0.25, -0.2) is 4.68 Å². The van der Waals surface area contributed by atoms with E-state index < -0.39 is 17.5 Å². The number of aromatic nitrogens is 5. The number of nitrogens with zero attached hydrogens (tertiary/aromatic N) is 6. The van der Waals surface area contributed by atoms with E-state index in [-0.39, 0.29) is 31.2 Å². The van der Waals surface area contributed by atoms with Gasteiger partial charge in [0.25, 0.3) is 17.4 Å². The summed E-state index contributed by atoms with van der Waals surface area (Å²) < 4.78 is 22.3. The van der Waals surface area contributed by atoms with Gasteiger partial charge in [0.05, 0.1) is 49.3 Å². The predicted octanol–water partition coefficient (Wildman–Crippen LogP) is 5.00. The zero-order chi connectivity index (χ0) is 43.3. The Kier molecular flexibility index (Phi) is 12.8. The zero-order valence-corrected chi connectivity index (χ0v) is 36.0. The number of benzene rings is 3. The largest absolute Gasteiger partial charge is 0.491 e. The number of thiophene rings is 1. The molecule has 1 atom stereocenters. The molecular formula is C44H45ClN9O7S+. The quantitative estimate of drug-likeness (QED) is 0.0680. The van der Waals surface area contributed by atoms with Crippen molar-refractivity contribution in [1.82, 2.24) is 24.8 Å². The van der Waals surface area contributed by atoms with Crippen LogP contribution in [0.1, 0.15) is 52.1 Å². The average Bonchev–Trinajstić information content (AvgIpc) is 3.64. The summed E-state index contributed by atoms with van der Waals surface area (Å²) in [5.74, 6) is 1.05. The first-order chi connectivity index (χ1) is 30.0. The van der Waals surface area contributed by atoms with Gasteiger partial charge in [0.1, 0.15) is 24.9 Å². The number of amides is 3. The van der Waals surface area contributed by atoms with Crippen LogP contribution in [0.2, 0.25) is 5.02 Å². The molecule has 0 bridgehead atoms. The maximum atomic E-state index is 13.4. The van der Waals surface area contributed by atoms with E-state index in [1.165, 1.54) is 4.88 Å². The molecule has 3 N–H and O–H groups in total. The third-order valence-electron chi connectivity index (χ3n) is 10.7. The fraction of sp³-hybridized carbons (Fsp3) is 0.318. The lowest BCUT2D eigenvalue weighted by molar-refractivity contribution is -0.746. The van der Waals surface area contributed by atoms with E-state index in [4.69, 9.17) is 35.9 Å². The van der Waals surface area contributed by atoms with E-state index in [0.29, 0.717) is 79.0 Å². The van der Waals surface area contributed by atoms with Crippen LogP contribution in [0.3, 0.4) is 0 Å². The van der Waals surface area contributed by atoms with Crippen molar-refractivity contribution in [2.24, 2.45) is 4.99 Å². The number of hydrogen-bond acceptors (Lipinski definition) is 12. The van der Waals surface area contributed by atoms with Crippen molar-refractivity contribution >= 4 is 68.5 Å². The summed E-state index contributed by atoms with van der Waals surface area (Å²) in [7, 11) is 0. The molecular weight excluding hydrogens is 834 g/mol. The van der Waals surface area contributed by atoms with Crippen LogP contribution in [-0.4, -0.2) is 82.5 Å². The smallest absolute Gasteiger partial charge is 0.306 e. The van der Waals surface area contributed by atoms with Gasteiger partial charge in [-0.1, -0.05) is 47.2 Å². The molecule has 1 fully saturated rings. The van der Waals surface area contributed by atoms with Gasteiger partial charge in [-0.05, 0) is 67.3 Å². The van der Waals surface area contributed by atoms with E-state index in [1.54, 1.807) is 46.5 Å². The molecule has 5 heterocycles. The first-order valence-corrected chi connectivity index (χ1v) is 21.4. The lowest BCUT2D eigenvalue weighted by Crippen LogP contribution is -2.45. The molecule has 16 nitrogen and oxygen atoms in total. The highest BCUT2D eigenvalue weighted by molar-refractivity contribution is 7.15. The van der Waals surface area contributed by atoms with Gasteiger partial charge in [0.2, 0.25) is 11.7 Å². The first-order valence-electron chi connectivity index (χ1n) is 20.2. The molecule has 2 aliphatic heterocycles. The monoisotopic (exact) mass is 878 g/mol. The van der Waals surface area contributed by atoms with E-state index in [0.717, 1.165) is 43.7 Å². The third-order valence-corrected chi connectivity index (χ3v) is 12.1. The minimum Gasteiger partial charge on any atom is -0.491 e. The Morgan fingerprint density at radius 2 is 1.74 bits per heavy atom. The highest BCUT2D eigenvalue weighted by Crippen LogP contribution is 2.36. The van der Waals surface area contributed by atoms with Crippen molar-refractivity contribution < 1.29 is 33.3 Å². The van der Waals surface area contributed by atoms with Crippen LogP contribution < -0.4 is 30.9 Å². The van der Waals surface area contributed by atoms with Crippen LogP contribution in [0.15, 0.2) is 82.7 Å². The number of hydrogen-bond donors (Lipinski definition) is 3. The molecule has 0 saturated carbocycles. The van der Waals surface area contributed by atoms with Gasteiger partial charge < -0.3 is 24.8 Å². The molecule has 1 saturated heterocycles. The van der Waals surface area contributed by atoms with Gasteiger partial charge in [0.15, 0.2) is 11.5 Å². The molecule has 6 aromatic rings. The van der Waals surface area contributed by atoms with E-state index in [1.807, 2.05) is 49.4 Å². The van der Waals surface area contributed by atoms with Gasteiger partial charge in [-0.2, -0.15) is 9.67 Å². The van der Waals surface area contributed by atoms with Crippen LogP contribution in [0.25, 0.3) is 15.8 Å². The van der Waals surface area contributed by atoms with Crippen LogP contribution in [0, 0.1) is 20.8 Å². The number of carbonyl (C=O) groups excluding carboxylic acids is 3. The Morgan fingerprint density at radius 3 is 2.55 bits per heavy atom. The summed E-state index contributed by atoms with van der Waals surface area (Å²) in [5.41, 5.74) is 5.01. The van der Waals surface area contributed by atoms with E-state index in [2.05, 4.69) is 39.5 Å². The molecule has 0 spiro atoms. The second kappa shape index (κ2) is 18.8. The summed E-state index contributed by atoms with van der Waals surface area (Å²) in [6.45, 7) is 8.76. The van der Waals surface area contributed by atoms with Crippen molar-refractivity contribution in [3.63, 3.8) is 0 Å². The number of carbonyl (C=O) groups is 3. The number of ether oxygens (including phenoxy) is 3. The number of anilines is 2. The number of aryl methyl sites for hydroxylation is 2. The second-order valence-electron chi connectivity index (χ2n) is 14.8. The Balaban J connectivity index is 0.773. The zero-order valence-electron chi connectivity index (χ0n) is 34.4. The normalized spacial score (nSPS) is 14.8. The molecule has 18 heteroatoms. The maximum Gasteiger partial charge on any atom is 0.306 e. The summed E-state index contributed by atoms with van der Waals surface area (Å²) in [6.07, 6.45) is 1.93. The predicted molar refractivity (Wildman–Crippen MR) is 235 cm³/mol. The third kappa shape index (κ3) is 9.16. The van der Waals surface area contributed by atoms with Crippen molar-refractivity contribution in [2.45, 2.75) is 52.7 Å². The molecule has 3 aromatic heterocycles. The van der Waals surface area contributed by atoms with Gasteiger partial charge in [0, 0.05) is 58.2 Å². The fourth-order valence-corrected chi connectivity index (χ4v) is 8.87. The van der Waals surface area contributed by atoms with Gasteiger partial charge in [-0.15, -0.1) is 4.68 Å². The molecule has 3 aromatic carbocycles. The Hall–Kier alpha value is -6.27. The molecule has 3 amide bonds. The maximum absolute atomic E-state index is 13.4. The number of imide groups is 1. The summed E-state index contributed by atoms with van der Waals surface area (Å²) >= 11 is 7.90. The van der Waals surface area contributed by atoms with Crippen molar-refractivity contribution in [3.8, 4) is 10.8 Å². The molecule has 0 aliphatic carbocycles. The molecule has 320 valence electrons. The minimum absolute atomic E-state index is 0.00179. The number of fused-ring (bicyclic) bond motifs is 4. The Bertz CT molecular complexity index is 2760. The lowest BCUT2D eigenvalue weighted by Gasteiger charge is -2.22. The van der Waals surface area contributed by atoms with Crippen LogP contribution >= 0.6 is 22.9 Å². The lowest BCUT2D eigenvalue weighted by atomic mass is 10.00. The number of nitrogens with one attached hydrogen (secondary N) is 3. The molecule has 2 aliphatic rings. The highest BCUT2D eigenvalue weighted by atomic mass is 35.5. The van der Waals surface area contributed by atoms with Crippen molar-refractivity contribution in [2.75, 3.05) is 50.2 Å². The van der Waals surface area contributed by atoms with E-state index >= 15 is 0 Å². The second-order valence-corrected chi connectivity index (χ2v) is 16.4. The van der Waals surface area contributed by atoms with Crippen LogP contribution in [-0.2, 0) is 36.9 Å². The van der Waals surface area contributed by atoms with Crippen molar-refractivity contribution in [1.29, 1.82) is 0 Å². The van der Waals surface area contributed by atoms with Crippen LogP contribution in [0.4, 0.5) is 11.4 Å². The molecule has 62 heavy (non-hydrogen) atoms. The van der Waals surface area contributed by atoms with Crippen molar-refractivity contribution in [3.05, 3.63) is 122 Å². The average molecular weight is 879 g/mol.